The molecular weight excluding hydrogens is 460 g/mol. The molecule has 1 fully saturated rings. The maximum absolute atomic E-state index is 13.2. The minimum absolute atomic E-state index is 0.0441. The van der Waals surface area contributed by atoms with E-state index in [1.54, 1.807) is 0 Å². The lowest BCUT2D eigenvalue weighted by atomic mass is 9.95. The average molecular weight is 477 g/mol. The van der Waals surface area contributed by atoms with Crippen molar-refractivity contribution in [1.82, 2.24) is 9.21 Å². The van der Waals surface area contributed by atoms with Crippen molar-refractivity contribution in [2.75, 3.05) is 25.0 Å². The highest BCUT2D eigenvalue weighted by Gasteiger charge is 2.63. The SMILES string of the molecule is CC(=O)Nc1ccc(S(=O)(=O)N2CCN(C(=O)O)C(C(C(F)(F)F)C(F)(F)F)C2)cc1. The first-order valence-corrected chi connectivity index (χ1v) is 10.00. The van der Waals surface area contributed by atoms with Gasteiger partial charge in [0, 0.05) is 32.2 Å². The van der Waals surface area contributed by atoms with Gasteiger partial charge in [0.15, 0.2) is 5.92 Å². The van der Waals surface area contributed by atoms with Gasteiger partial charge in [-0.3, -0.25) is 4.79 Å². The van der Waals surface area contributed by atoms with Crippen molar-refractivity contribution >= 4 is 27.7 Å². The summed E-state index contributed by atoms with van der Waals surface area (Å²) in [5.41, 5.74) is 0.217. The average Bonchev–Trinajstić information content (AvgIpc) is 2.59. The van der Waals surface area contributed by atoms with Gasteiger partial charge in [0.25, 0.3) is 0 Å². The van der Waals surface area contributed by atoms with E-state index in [0.29, 0.717) is 4.31 Å². The van der Waals surface area contributed by atoms with Crippen LogP contribution in [0.4, 0.5) is 36.8 Å². The molecule has 1 aliphatic heterocycles. The zero-order chi connectivity index (χ0) is 23.8. The van der Waals surface area contributed by atoms with Crippen LogP contribution in [0.25, 0.3) is 0 Å². The lowest BCUT2D eigenvalue weighted by Crippen LogP contribution is -2.63. The first kappa shape index (κ1) is 24.7. The standard InChI is InChI=1S/C16H17F6N3O5S/c1-9(26)23-10-2-4-11(5-3-10)31(29,30)24-6-7-25(14(27)28)12(8-24)13(15(17,18)19)16(20,21)22/h2-5,12-13H,6-8H2,1H3,(H,23,26)(H,27,28). The van der Waals surface area contributed by atoms with E-state index in [0.717, 1.165) is 12.1 Å². The zero-order valence-corrected chi connectivity index (χ0v) is 16.6. The first-order chi connectivity index (χ1) is 14.0. The van der Waals surface area contributed by atoms with Crippen LogP contribution in [0, 0.1) is 5.92 Å². The van der Waals surface area contributed by atoms with E-state index in [4.69, 9.17) is 5.11 Å². The second kappa shape index (κ2) is 8.53. The zero-order valence-electron chi connectivity index (χ0n) is 15.7. The van der Waals surface area contributed by atoms with Crippen LogP contribution in [0.5, 0.6) is 0 Å². The van der Waals surface area contributed by atoms with Gasteiger partial charge in [0.05, 0.1) is 10.9 Å². The Morgan fingerprint density at radius 2 is 1.58 bits per heavy atom. The Morgan fingerprint density at radius 1 is 1.06 bits per heavy atom. The third kappa shape index (κ3) is 5.58. The number of rotatable bonds is 4. The molecule has 2 rings (SSSR count). The number of hydrogen-bond acceptors (Lipinski definition) is 4. The monoisotopic (exact) mass is 477 g/mol. The lowest BCUT2D eigenvalue weighted by molar-refractivity contribution is -0.299. The van der Waals surface area contributed by atoms with Crippen LogP contribution in [-0.2, 0) is 14.8 Å². The number of sulfonamides is 1. The van der Waals surface area contributed by atoms with Crippen molar-refractivity contribution in [3.8, 4) is 0 Å². The number of benzene rings is 1. The van der Waals surface area contributed by atoms with Crippen LogP contribution in [0.3, 0.4) is 0 Å². The molecule has 0 aromatic heterocycles. The third-order valence-electron chi connectivity index (χ3n) is 4.53. The van der Waals surface area contributed by atoms with Crippen LogP contribution >= 0.6 is 0 Å². The summed E-state index contributed by atoms with van der Waals surface area (Å²) in [6.45, 7) is -1.66. The molecule has 1 unspecified atom stereocenters. The van der Waals surface area contributed by atoms with E-state index in [1.807, 2.05) is 0 Å². The summed E-state index contributed by atoms with van der Waals surface area (Å²) in [5, 5.41) is 11.5. The fourth-order valence-electron chi connectivity index (χ4n) is 3.21. The highest BCUT2D eigenvalue weighted by atomic mass is 32.2. The van der Waals surface area contributed by atoms with Gasteiger partial charge >= 0.3 is 18.4 Å². The topological polar surface area (TPSA) is 107 Å². The maximum Gasteiger partial charge on any atom is 0.407 e. The Hall–Kier alpha value is -2.55. The summed E-state index contributed by atoms with van der Waals surface area (Å²) in [6.07, 6.45) is -13.7. The van der Waals surface area contributed by atoms with Crippen LogP contribution in [-0.4, -0.2) is 72.8 Å². The van der Waals surface area contributed by atoms with Crippen molar-refractivity contribution in [1.29, 1.82) is 0 Å². The van der Waals surface area contributed by atoms with Gasteiger partial charge in [-0.05, 0) is 24.3 Å². The van der Waals surface area contributed by atoms with Crippen LogP contribution < -0.4 is 5.32 Å². The molecule has 0 saturated carbocycles. The second-order valence-corrected chi connectivity index (χ2v) is 8.61. The summed E-state index contributed by atoms with van der Waals surface area (Å²) >= 11 is 0. The van der Waals surface area contributed by atoms with Crippen LogP contribution in [0.15, 0.2) is 29.2 Å². The molecule has 1 heterocycles. The number of amides is 2. The predicted molar refractivity (Wildman–Crippen MR) is 93.6 cm³/mol. The Morgan fingerprint density at radius 3 is 2.00 bits per heavy atom. The first-order valence-electron chi connectivity index (χ1n) is 8.56. The maximum atomic E-state index is 13.2. The molecule has 174 valence electrons. The van der Waals surface area contributed by atoms with Crippen molar-refractivity contribution in [2.45, 2.75) is 30.2 Å². The molecule has 15 heteroatoms. The Bertz CT molecular complexity index is 919. The fraction of sp³-hybridized carbons (Fsp3) is 0.500. The Balaban J connectivity index is 2.40. The molecule has 0 bridgehead atoms. The Labute approximate surface area is 172 Å². The molecule has 2 amide bonds. The smallest absolute Gasteiger partial charge is 0.407 e. The molecule has 1 saturated heterocycles. The largest absolute Gasteiger partial charge is 0.465 e. The molecule has 0 aliphatic carbocycles. The molecule has 8 nitrogen and oxygen atoms in total. The molecule has 0 spiro atoms. The molecule has 1 aromatic rings. The van der Waals surface area contributed by atoms with Crippen molar-refractivity contribution in [3.63, 3.8) is 0 Å². The quantitative estimate of drug-likeness (QED) is 0.649. The minimum atomic E-state index is -5.86. The van der Waals surface area contributed by atoms with E-state index >= 15 is 0 Å². The number of carboxylic acid groups (broad SMARTS) is 1. The highest BCUT2D eigenvalue weighted by Crippen LogP contribution is 2.44. The summed E-state index contributed by atoms with van der Waals surface area (Å²) in [6, 6.07) is 1.69. The normalized spacial score (nSPS) is 18.8. The van der Waals surface area contributed by atoms with Gasteiger partial charge in [0.1, 0.15) is 0 Å². The number of nitrogens with one attached hydrogen (secondary N) is 1. The fourth-order valence-corrected chi connectivity index (χ4v) is 4.66. The van der Waals surface area contributed by atoms with Gasteiger partial charge in [-0.25, -0.2) is 13.2 Å². The molecule has 1 atom stereocenters. The van der Waals surface area contributed by atoms with Crippen LogP contribution in [0.1, 0.15) is 6.92 Å². The van der Waals surface area contributed by atoms with Crippen LogP contribution in [0.2, 0.25) is 0 Å². The van der Waals surface area contributed by atoms with E-state index in [2.05, 4.69) is 5.32 Å². The number of hydrogen-bond donors (Lipinski definition) is 2. The second-order valence-electron chi connectivity index (χ2n) is 6.67. The molecule has 2 N–H and O–H groups in total. The third-order valence-corrected chi connectivity index (χ3v) is 6.41. The van der Waals surface area contributed by atoms with Gasteiger partial charge in [-0.2, -0.15) is 30.6 Å². The molecule has 31 heavy (non-hydrogen) atoms. The molecule has 0 radical (unpaired) electrons. The molecular formula is C16H17F6N3O5S. The van der Waals surface area contributed by atoms with Gasteiger partial charge in [-0.15, -0.1) is 0 Å². The van der Waals surface area contributed by atoms with E-state index < -0.39 is 70.9 Å². The molecule has 1 aliphatic rings. The number of anilines is 1. The summed E-state index contributed by atoms with van der Waals surface area (Å²) in [5.74, 6) is -4.52. The Kier molecular flexibility index (Phi) is 6.80. The van der Waals surface area contributed by atoms with E-state index in [9.17, 15) is 44.3 Å². The summed E-state index contributed by atoms with van der Waals surface area (Å²) < 4.78 is 105. The van der Waals surface area contributed by atoms with Gasteiger partial charge < -0.3 is 15.3 Å². The lowest BCUT2D eigenvalue weighted by Gasteiger charge is -2.43. The summed E-state index contributed by atoms with van der Waals surface area (Å²) in [7, 11) is -4.55. The number of carbonyl (C=O) groups excluding carboxylic acids is 1. The van der Waals surface area contributed by atoms with Gasteiger partial charge in [-0.1, -0.05) is 0 Å². The number of halogens is 6. The van der Waals surface area contributed by atoms with Crippen molar-refractivity contribution in [3.05, 3.63) is 24.3 Å². The van der Waals surface area contributed by atoms with Crippen molar-refractivity contribution in [2.24, 2.45) is 5.92 Å². The van der Waals surface area contributed by atoms with E-state index in [1.165, 1.54) is 19.1 Å². The highest BCUT2D eigenvalue weighted by molar-refractivity contribution is 7.89. The van der Waals surface area contributed by atoms with Gasteiger partial charge in [0.2, 0.25) is 15.9 Å². The number of alkyl halides is 6. The van der Waals surface area contributed by atoms with Crippen molar-refractivity contribution < 1.29 is 49.5 Å². The predicted octanol–water partition coefficient (Wildman–Crippen LogP) is 2.74. The number of piperazine rings is 1. The summed E-state index contributed by atoms with van der Waals surface area (Å²) in [4.78, 5) is 21.8. The number of carbonyl (C=O) groups is 2. The minimum Gasteiger partial charge on any atom is -0.465 e. The number of nitrogens with zero attached hydrogens (tertiary/aromatic N) is 2. The molecule has 1 aromatic carbocycles. The van der Waals surface area contributed by atoms with E-state index in [-0.39, 0.29) is 10.6 Å².